The van der Waals surface area contributed by atoms with Gasteiger partial charge in [0.05, 0.1) is 24.8 Å². The molecule has 1 fully saturated rings. The Hall–Kier alpha value is -1.92. The predicted molar refractivity (Wildman–Crippen MR) is 88.6 cm³/mol. The first-order chi connectivity index (χ1) is 11.2. The van der Waals surface area contributed by atoms with Crippen molar-refractivity contribution in [1.29, 1.82) is 0 Å². The summed E-state index contributed by atoms with van der Waals surface area (Å²) in [6.07, 6.45) is 0.451. The Bertz CT molecular complexity index is 644. The highest BCUT2D eigenvalue weighted by molar-refractivity contribution is 7.09. The molecule has 1 aliphatic heterocycles. The van der Waals surface area contributed by atoms with Gasteiger partial charge in [0.15, 0.2) is 0 Å². The van der Waals surface area contributed by atoms with Gasteiger partial charge in [0.25, 0.3) is 0 Å². The van der Waals surface area contributed by atoms with Gasteiger partial charge in [-0.15, -0.1) is 11.3 Å². The van der Waals surface area contributed by atoms with Crippen LogP contribution in [0.1, 0.15) is 17.6 Å². The van der Waals surface area contributed by atoms with Gasteiger partial charge in [-0.05, 0) is 19.1 Å². The SMILES string of the molecule is CC1CN(C(=O)Cc2csc(COc3ccccc3)n2)CCO1. The third kappa shape index (κ3) is 4.53. The summed E-state index contributed by atoms with van der Waals surface area (Å²) < 4.78 is 11.1. The largest absolute Gasteiger partial charge is 0.486 e. The summed E-state index contributed by atoms with van der Waals surface area (Å²) in [5.41, 5.74) is 0.811. The molecule has 0 N–H and O–H groups in total. The van der Waals surface area contributed by atoms with Crippen molar-refractivity contribution in [3.8, 4) is 5.75 Å². The van der Waals surface area contributed by atoms with Crippen LogP contribution in [0.4, 0.5) is 0 Å². The second-order valence-corrected chi connectivity index (χ2v) is 6.47. The van der Waals surface area contributed by atoms with Gasteiger partial charge in [-0.3, -0.25) is 4.79 Å². The number of aromatic nitrogens is 1. The van der Waals surface area contributed by atoms with E-state index in [-0.39, 0.29) is 12.0 Å². The first-order valence-electron chi connectivity index (χ1n) is 7.71. The highest BCUT2D eigenvalue weighted by Crippen LogP contribution is 2.16. The number of para-hydroxylation sites is 1. The third-order valence-corrected chi connectivity index (χ3v) is 4.50. The molecule has 3 rings (SSSR count). The van der Waals surface area contributed by atoms with Crippen LogP contribution in [-0.2, 0) is 22.6 Å². The molecular weight excluding hydrogens is 312 g/mol. The number of benzene rings is 1. The molecule has 2 aromatic rings. The smallest absolute Gasteiger partial charge is 0.228 e. The summed E-state index contributed by atoms with van der Waals surface area (Å²) in [6.45, 7) is 4.35. The van der Waals surface area contributed by atoms with Crippen molar-refractivity contribution in [2.24, 2.45) is 0 Å². The molecule has 1 aromatic carbocycles. The lowest BCUT2D eigenvalue weighted by atomic mass is 10.2. The van der Waals surface area contributed by atoms with Crippen molar-refractivity contribution in [2.45, 2.75) is 26.1 Å². The van der Waals surface area contributed by atoms with E-state index >= 15 is 0 Å². The number of thiazole rings is 1. The van der Waals surface area contributed by atoms with Gasteiger partial charge < -0.3 is 14.4 Å². The van der Waals surface area contributed by atoms with Crippen LogP contribution in [0.3, 0.4) is 0 Å². The minimum atomic E-state index is 0.109. The summed E-state index contributed by atoms with van der Waals surface area (Å²) in [7, 11) is 0. The van der Waals surface area contributed by atoms with Crippen LogP contribution in [0.25, 0.3) is 0 Å². The number of nitrogens with zero attached hydrogens (tertiary/aromatic N) is 2. The molecule has 0 radical (unpaired) electrons. The molecule has 0 aliphatic carbocycles. The topological polar surface area (TPSA) is 51.7 Å². The summed E-state index contributed by atoms with van der Waals surface area (Å²) in [6, 6.07) is 9.65. The van der Waals surface area contributed by atoms with Crippen molar-refractivity contribution < 1.29 is 14.3 Å². The van der Waals surface area contributed by atoms with Gasteiger partial charge in [-0.25, -0.2) is 4.98 Å². The molecule has 1 aliphatic rings. The van der Waals surface area contributed by atoms with Gasteiger partial charge >= 0.3 is 0 Å². The average molecular weight is 332 g/mol. The first kappa shape index (κ1) is 16.0. The minimum Gasteiger partial charge on any atom is -0.486 e. The maximum Gasteiger partial charge on any atom is 0.228 e. The van der Waals surface area contributed by atoms with Gasteiger partial charge in [0.2, 0.25) is 5.91 Å². The second kappa shape index (κ2) is 7.57. The summed E-state index contributed by atoms with van der Waals surface area (Å²) in [4.78, 5) is 18.7. The maximum absolute atomic E-state index is 12.3. The summed E-state index contributed by atoms with van der Waals surface area (Å²) >= 11 is 1.53. The van der Waals surface area contributed by atoms with Crippen molar-refractivity contribution in [2.75, 3.05) is 19.7 Å². The van der Waals surface area contributed by atoms with E-state index in [1.807, 2.05) is 47.5 Å². The quantitative estimate of drug-likeness (QED) is 0.844. The number of carbonyl (C=O) groups excluding carboxylic acids is 1. The second-order valence-electron chi connectivity index (χ2n) is 5.53. The molecule has 5 nitrogen and oxygen atoms in total. The van der Waals surface area contributed by atoms with Gasteiger partial charge in [-0.1, -0.05) is 18.2 Å². The van der Waals surface area contributed by atoms with Gasteiger partial charge in [0, 0.05) is 18.5 Å². The first-order valence-corrected chi connectivity index (χ1v) is 8.59. The molecule has 0 bridgehead atoms. The molecule has 1 saturated heterocycles. The fourth-order valence-corrected chi connectivity index (χ4v) is 3.17. The number of hydrogen-bond acceptors (Lipinski definition) is 5. The Morgan fingerprint density at radius 3 is 3.04 bits per heavy atom. The lowest BCUT2D eigenvalue weighted by molar-refractivity contribution is -0.137. The molecule has 1 aromatic heterocycles. The van der Waals surface area contributed by atoms with Crippen LogP contribution in [-0.4, -0.2) is 41.6 Å². The minimum absolute atomic E-state index is 0.109. The number of rotatable bonds is 5. The fourth-order valence-electron chi connectivity index (χ4n) is 2.47. The highest BCUT2D eigenvalue weighted by atomic mass is 32.1. The van der Waals surface area contributed by atoms with Crippen LogP contribution >= 0.6 is 11.3 Å². The number of hydrogen-bond donors (Lipinski definition) is 0. The fraction of sp³-hybridized carbons (Fsp3) is 0.412. The Morgan fingerprint density at radius 2 is 2.26 bits per heavy atom. The van der Waals surface area contributed by atoms with Crippen LogP contribution in [0, 0.1) is 0 Å². The number of morpholine rings is 1. The standard InChI is InChI=1S/C17H20N2O3S/c1-13-10-19(7-8-21-13)17(20)9-14-12-23-16(18-14)11-22-15-5-3-2-4-6-15/h2-6,12-13H,7-11H2,1H3. The van der Waals surface area contributed by atoms with Crippen molar-refractivity contribution in [3.63, 3.8) is 0 Å². The van der Waals surface area contributed by atoms with E-state index in [2.05, 4.69) is 4.98 Å². The Labute approximate surface area is 139 Å². The van der Waals surface area contributed by atoms with E-state index in [9.17, 15) is 4.79 Å². The molecule has 1 amide bonds. The number of carbonyl (C=O) groups is 1. The highest BCUT2D eigenvalue weighted by Gasteiger charge is 2.22. The third-order valence-electron chi connectivity index (χ3n) is 3.63. The molecule has 1 unspecified atom stereocenters. The van der Waals surface area contributed by atoms with Crippen LogP contribution < -0.4 is 4.74 Å². The molecule has 122 valence electrons. The number of ether oxygens (including phenoxy) is 2. The zero-order valence-corrected chi connectivity index (χ0v) is 13.9. The van der Waals surface area contributed by atoms with E-state index in [4.69, 9.17) is 9.47 Å². The summed E-state index contributed by atoms with van der Waals surface area (Å²) in [5.74, 6) is 0.934. The zero-order chi connectivity index (χ0) is 16.1. The number of amides is 1. The van der Waals surface area contributed by atoms with E-state index in [0.29, 0.717) is 32.7 Å². The molecule has 0 spiro atoms. The Morgan fingerprint density at radius 1 is 1.43 bits per heavy atom. The molecule has 23 heavy (non-hydrogen) atoms. The maximum atomic E-state index is 12.3. The van der Waals surface area contributed by atoms with Gasteiger partial charge in [-0.2, -0.15) is 0 Å². The van der Waals surface area contributed by atoms with E-state index in [0.717, 1.165) is 16.5 Å². The van der Waals surface area contributed by atoms with E-state index < -0.39 is 0 Å². The lowest BCUT2D eigenvalue weighted by Gasteiger charge is -2.31. The van der Waals surface area contributed by atoms with Crippen molar-refractivity contribution in [1.82, 2.24) is 9.88 Å². The summed E-state index contributed by atoms with van der Waals surface area (Å²) in [5, 5.41) is 2.82. The Balaban J connectivity index is 1.51. The normalized spacial score (nSPS) is 18.0. The molecule has 6 heteroatoms. The van der Waals surface area contributed by atoms with E-state index in [1.165, 1.54) is 11.3 Å². The molecular formula is C17H20N2O3S. The molecule has 2 heterocycles. The van der Waals surface area contributed by atoms with Crippen LogP contribution in [0.5, 0.6) is 5.75 Å². The lowest BCUT2D eigenvalue weighted by Crippen LogP contribution is -2.45. The van der Waals surface area contributed by atoms with Gasteiger partial charge in [0.1, 0.15) is 17.4 Å². The van der Waals surface area contributed by atoms with Crippen molar-refractivity contribution in [3.05, 3.63) is 46.4 Å². The molecule has 1 atom stereocenters. The Kier molecular flexibility index (Phi) is 5.25. The van der Waals surface area contributed by atoms with Crippen LogP contribution in [0.15, 0.2) is 35.7 Å². The predicted octanol–water partition coefficient (Wildman–Crippen LogP) is 2.51. The molecule has 0 saturated carbocycles. The van der Waals surface area contributed by atoms with E-state index in [1.54, 1.807) is 0 Å². The van der Waals surface area contributed by atoms with Crippen LogP contribution in [0.2, 0.25) is 0 Å². The monoisotopic (exact) mass is 332 g/mol. The average Bonchev–Trinajstić information content (AvgIpc) is 3.01. The van der Waals surface area contributed by atoms with Crippen molar-refractivity contribution >= 4 is 17.2 Å². The zero-order valence-electron chi connectivity index (χ0n) is 13.1.